The molecule has 0 spiro atoms. The Morgan fingerprint density at radius 3 is 2.86 bits per heavy atom. The van der Waals surface area contributed by atoms with Crippen LogP contribution in [0, 0.1) is 6.92 Å². The lowest BCUT2D eigenvalue weighted by atomic mass is 10.1. The summed E-state index contributed by atoms with van der Waals surface area (Å²) in [5.74, 6) is 0.587. The lowest BCUT2D eigenvalue weighted by Gasteiger charge is -2.05. The Balaban J connectivity index is 1.34. The fourth-order valence-corrected chi connectivity index (χ4v) is 3.89. The zero-order chi connectivity index (χ0) is 19.8. The largest absolute Gasteiger partial charge is 0.431 e. The Labute approximate surface area is 169 Å². The topological polar surface area (TPSA) is 87.0 Å². The second-order valence-electron chi connectivity index (χ2n) is 6.73. The first-order valence-corrected chi connectivity index (χ1v) is 10.0. The summed E-state index contributed by atoms with van der Waals surface area (Å²) >= 11 is 1.47. The van der Waals surface area contributed by atoms with Gasteiger partial charge in [-0.15, -0.1) is 5.10 Å². The SMILES string of the molecule is Cc1ccc2c(Cn3cc(CSc4nc5ccccc5o4)nn3)cc(=O)oc2c1. The van der Waals surface area contributed by atoms with Crippen LogP contribution < -0.4 is 5.63 Å². The molecule has 8 heteroatoms. The third kappa shape index (κ3) is 3.66. The molecular weight excluding hydrogens is 388 g/mol. The van der Waals surface area contributed by atoms with Gasteiger partial charge in [0.1, 0.15) is 11.1 Å². The summed E-state index contributed by atoms with van der Waals surface area (Å²) in [6.45, 7) is 2.40. The molecule has 29 heavy (non-hydrogen) atoms. The Kier molecular flexibility index (Phi) is 4.40. The average molecular weight is 404 g/mol. The number of benzene rings is 2. The molecule has 3 aromatic heterocycles. The standard InChI is InChI=1S/C21H16N4O3S/c1-13-6-7-16-14(9-20(26)27-19(16)8-13)10-25-11-15(23-24-25)12-29-21-22-17-4-2-3-5-18(17)28-21/h2-9,11H,10,12H2,1H3. The number of hydrogen-bond acceptors (Lipinski definition) is 7. The molecule has 5 aromatic rings. The Morgan fingerprint density at radius 1 is 1.07 bits per heavy atom. The van der Waals surface area contributed by atoms with Crippen LogP contribution in [0.25, 0.3) is 22.1 Å². The van der Waals surface area contributed by atoms with Gasteiger partial charge in [0.15, 0.2) is 5.58 Å². The Morgan fingerprint density at radius 2 is 1.97 bits per heavy atom. The average Bonchev–Trinajstić information content (AvgIpc) is 3.32. The number of rotatable bonds is 5. The van der Waals surface area contributed by atoms with Crippen LogP contribution in [0.4, 0.5) is 0 Å². The van der Waals surface area contributed by atoms with Gasteiger partial charge in [-0.2, -0.15) is 0 Å². The summed E-state index contributed by atoms with van der Waals surface area (Å²) in [6, 6.07) is 15.0. The summed E-state index contributed by atoms with van der Waals surface area (Å²) in [7, 11) is 0. The summed E-state index contributed by atoms with van der Waals surface area (Å²) in [5.41, 5.74) is 4.51. The summed E-state index contributed by atoms with van der Waals surface area (Å²) in [4.78, 5) is 16.4. The van der Waals surface area contributed by atoms with Crippen molar-refractivity contribution in [3.05, 3.63) is 82.0 Å². The lowest BCUT2D eigenvalue weighted by Crippen LogP contribution is -2.06. The molecule has 0 saturated carbocycles. The quantitative estimate of drug-likeness (QED) is 0.321. The number of thioether (sulfide) groups is 1. The van der Waals surface area contributed by atoms with E-state index < -0.39 is 0 Å². The molecule has 0 radical (unpaired) electrons. The number of hydrogen-bond donors (Lipinski definition) is 0. The van der Waals surface area contributed by atoms with Crippen molar-refractivity contribution in [2.45, 2.75) is 24.4 Å². The van der Waals surface area contributed by atoms with Crippen molar-refractivity contribution in [3.8, 4) is 0 Å². The first kappa shape index (κ1) is 17.7. The molecule has 2 aromatic carbocycles. The van der Waals surface area contributed by atoms with Crippen molar-refractivity contribution in [2.75, 3.05) is 0 Å². The maximum Gasteiger partial charge on any atom is 0.336 e. The molecule has 0 bridgehead atoms. The first-order valence-electron chi connectivity index (χ1n) is 9.05. The molecule has 0 unspecified atom stereocenters. The molecule has 0 atom stereocenters. The predicted molar refractivity (Wildman–Crippen MR) is 110 cm³/mol. The Hall–Kier alpha value is -3.39. The van der Waals surface area contributed by atoms with E-state index in [1.54, 1.807) is 4.68 Å². The monoisotopic (exact) mass is 404 g/mol. The minimum atomic E-state index is -0.370. The lowest BCUT2D eigenvalue weighted by molar-refractivity contribution is 0.489. The van der Waals surface area contributed by atoms with Crippen LogP contribution >= 0.6 is 11.8 Å². The Bertz CT molecular complexity index is 1350. The van der Waals surface area contributed by atoms with Gasteiger partial charge in [-0.25, -0.2) is 14.5 Å². The van der Waals surface area contributed by atoms with Crippen LogP contribution in [-0.4, -0.2) is 20.0 Å². The van der Waals surface area contributed by atoms with Crippen LogP contribution in [0.2, 0.25) is 0 Å². The second-order valence-corrected chi connectivity index (χ2v) is 7.66. The zero-order valence-electron chi connectivity index (χ0n) is 15.5. The molecule has 144 valence electrons. The molecule has 0 aliphatic carbocycles. The van der Waals surface area contributed by atoms with E-state index in [0.29, 0.717) is 23.1 Å². The van der Waals surface area contributed by atoms with Crippen LogP contribution in [0.5, 0.6) is 0 Å². The fraction of sp³-hybridized carbons (Fsp3) is 0.143. The minimum Gasteiger partial charge on any atom is -0.431 e. The van der Waals surface area contributed by atoms with E-state index in [9.17, 15) is 4.79 Å². The van der Waals surface area contributed by atoms with Gasteiger partial charge in [0, 0.05) is 23.4 Å². The van der Waals surface area contributed by atoms with Gasteiger partial charge in [0.05, 0.1) is 12.2 Å². The van der Waals surface area contributed by atoms with Gasteiger partial charge in [-0.1, -0.05) is 41.2 Å². The van der Waals surface area contributed by atoms with Crippen molar-refractivity contribution in [1.29, 1.82) is 0 Å². The molecule has 0 saturated heterocycles. The molecule has 0 aliphatic heterocycles. The fourth-order valence-electron chi connectivity index (χ4n) is 3.17. The normalized spacial score (nSPS) is 11.5. The first-order chi connectivity index (χ1) is 14.1. The molecule has 3 heterocycles. The highest BCUT2D eigenvalue weighted by Crippen LogP contribution is 2.25. The van der Waals surface area contributed by atoms with Gasteiger partial charge in [-0.05, 0) is 36.2 Å². The van der Waals surface area contributed by atoms with Gasteiger partial charge in [-0.3, -0.25) is 0 Å². The van der Waals surface area contributed by atoms with E-state index in [1.807, 2.05) is 55.6 Å². The van der Waals surface area contributed by atoms with Crippen LogP contribution in [0.1, 0.15) is 16.8 Å². The van der Waals surface area contributed by atoms with Crippen LogP contribution in [0.15, 0.2) is 73.6 Å². The number of aryl methyl sites for hydroxylation is 1. The van der Waals surface area contributed by atoms with Crippen LogP contribution in [-0.2, 0) is 12.3 Å². The number of fused-ring (bicyclic) bond motifs is 2. The van der Waals surface area contributed by atoms with Crippen molar-refractivity contribution in [2.24, 2.45) is 0 Å². The molecule has 5 rings (SSSR count). The molecular formula is C21H16N4O3S. The van der Waals surface area contributed by atoms with Gasteiger partial charge in [0.25, 0.3) is 5.22 Å². The number of para-hydroxylation sites is 2. The zero-order valence-corrected chi connectivity index (χ0v) is 16.3. The van der Waals surface area contributed by atoms with Gasteiger partial charge < -0.3 is 8.83 Å². The van der Waals surface area contributed by atoms with Crippen LogP contribution in [0.3, 0.4) is 0 Å². The van der Waals surface area contributed by atoms with E-state index in [0.717, 1.165) is 33.3 Å². The summed E-state index contributed by atoms with van der Waals surface area (Å²) < 4.78 is 12.8. The predicted octanol–water partition coefficient (Wildman–Crippen LogP) is 4.17. The van der Waals surface area contributed by atoms with E-state index >= 15 is 0 Å². The van der Waals surface area contributed by atoms with E-state index in [2.05, 4.69) is 15.3 Å². The highest BCUT2D eigenvalue weighted by Gasteiger charge is 2.10. The highest BCUT2D eigenvalue weighted by atomic mass is 32.2. The third-order valence-electron chi connectivity index (χ3n) is 4.52. The second kappa shape index (κ2) is 7.21. The smallest absolute Gasteiger partial charge is 0.336 e. The maximum absolute atomic E-state index is 11.9. The van der Waals surface area contributed by atoms with E-state index in [4.69, 9.17) is 8.83 Å². The molecule has 0 amide bonds. The van der Waals surface area contributed by atoms with Crippen molar-refractivity contribution >= 4 is 33.8 Å². The summed E-state index contributed by atoms with van der Waals surface area (Å²) in [5, 5.41) is 9.91. The van der Waals surface area contributed by atoms with Gasteiger partial charge in [0.2, 0.25) is 0 Å². The van der Waals surface area contributed by atoms with Crippen molar-refractivity contribution in [3.63, 3.8) is 0 Å². The van der Waals surface area contributed by atoms with Gasteiger partial charge >= 0.3 is 5.63 Å². The molecule has 0 fully saturated rings. The minimum absolute atomic E-state index is 0.370. The highest BCUT2D eigenvalue weighted by molar-refractivity contribution is 7.98. The maximum atomic E-state index is 11.9. The molecule has 7 nitrogen and oxygen atoms in total. The van der Waals surface area contributed by atoms with E-state index in [-0.39, 0.29) is 5.63 Å². The number of oxazole rings is 1. The number of nitrogens with zero attached hydrogens (tertiary/aromatic N) is 4. The molecule has 0 aliphatic rings. The summed E-state index contributed by atoms with van der Waals surface area (Å²) in [6.07, 6.45) is 1.87. The molecule has 0 N–H and O–H groups in total. The van der Waals surface area contributed by atoms with Crippen molar-refractivity contribution < 1.29 is 8.83 Å². The van der Waals surface area contributed by atoms with Crippen molar-refractivity contribution in [1.82, 2.24) is 20.0 Å². The third-order valence-corrected chi connectivity index (χ3v) is 5.38. The van der Waals surface area contributed by atoms with E-state index in [1.165, 1.54) is 17.8 Å². The number of aromatic nitrogens is 4.